The van der Waals surface area contributed by atoms with Gasteiger partial charge in [0, 0.05) is 41.2 Å². The Morgan fingerprint density at radius 1 is 1.25 bits per heavy atom. The molecule has 6 nitrogen and oxygen atoms in total. The first-order valence-corrected chi connectivity index (χ1v) is 12.5. The minimum atomic E-state index is -0.739. The van der Waals surface area contributed by atoms with Crippen molar-refractivity contribution in [1.29, 1.82) is 0 Å². The van der Waals surface area contributed by atoms with E-state index in [-0.39, 0.29) is 27.9 Å². The lowest BCUT2D eigenvalue weighted by atomic mass is 9.80. The Kier molecular flexibility index (Phi) is 5.57. The number of nitrogens with two attached hydrogens (primary N) is 1. The quantitative estimate of drug-likeness (QED) is 0.518. The summed E-state index contributed by atoms with van der Waals surface area (Å²) in [4.78, 5) is 12.6. The molecule has 3 aliphatic heterocycles. The van der Waals surface area contributed by atoms with Crippen LogP contribution in [0, 0.1) is 5.82 Å². The Balaban J connectivity index is 1.62. The summed E-state index contributed by atoms with van der Waals surface area (Å²) in [6, 6.07) is 13.4. The van der Waals surface area contributed by atoms with E-state index in [1.807, 2.05) is 30.3 Å². The first kappa shape index (κ1) is 23.1. The normalized spacial score (nSPS) is 22.0. The fourth-order valence-electron chi connectivity index (χ4n) is 5.91. The third-order valence-corrected chi connectivity index (χ3v) is 7.94. The lowest BCUT2D eigenvalue weighted by Crippen LogP contribution is -2.48. The molecule has 0 unspecified atom stereocenters. The average Bonchev–Trinajstić information content (AvgIpc) is 3.64. The van der Waals surface area contributed by atoms with Gasteiger partial charge in [-0.2, -0.15) is 0 Å². The van der Waals surface area contributed by atoms with E-state index in [2.05, 4.69) is 5.32 Å². The molecule has 6 rings (SSSR count). The van der Waals surface area contributed by atoms with Crippen molar-refractivity contribution in [2.45, 2.75) is 37.3 Å². The highest BCUT2D eigenvalue weighted by atomic mass is 35.5. The number of hydrogen-bond acceptors (Lipinski definition) is 5. The number of amides is 1. The Morgan fingerprint density at radius 2 is 2.06 bits per heavy atom. The highest BCUT2D eigenvalue weighted by Gasteiger charge is 2.50. The van der Waals surface area contributed by atoms with Crippen molar-refractivity contribution >= 4 is 17.5 Å². The molecule has 3 aromatic carbocycles. The summed E-state index contributed by atoms with van der Waals surface area (Å²) < 4.78 is 34.0. The van der Waals surface area contributed by atoms with Crippen molar-refractivity contribution in [3.8, 4) is 28.4 Å². The Hall–Kier alpha value is -3.29. The Labute approximate surface area is 213 Å². The van der Waals surface area contributed by atoms with Crippen LogP contribution in [0.5, 0.6) is 17.2 Å². The number of ether oxygens (including phenoxy) is 3. The summed E-state index contributed by atoms with van der Waals surface area (Å²) in [6.45, 7) is 1.23. The van der Waals surface area contributed by atoms with E-state index in [1.54, 1.807) is 12.1 Å². The Bertz CT molecular complexity index is 1370. The number of rotatable bonds is 5. The van der Waals surface area contributed by atoms with Crippen molar-refractivity contribution in [3.05, 3.63) is 75.6 Å². The number of halogens is 2. The molecule has 0 spiro atoms. The molecule has 2 atom stereocenters. The van der Waals surface area contributed by atoms with Crippen molar-refractivity contribution in [2.24, 2.45) is 5.73 Å². The number of fused-ring (bicyclic) bond motifs is 2. The highest BCUT2D eigenvalue weighted by molar-refractivity contribution is 6.35. The lowest BCUT2D eigenvalue weighted by Gasteiger charge is -2.35. The zero-order chi connectivity index (χ0) is 25.0. The van der Waals surface area contributed by atoms with Crippen LogP contribution in [0.4, 0.5) is 4.39 Å². The van der Waals surface area contributed by atoms with Gasteiger partial charge in [0.25, 0.3) is 0 Å². The molecule has 0 aliphatic carbocycles. The van der Waals surface area contributed by atoms with Gasteiger partial charge in [-0.25, -0.2) is 4.39 Å². The van der Waals surface area contributed by atoms with Gasteiger partial charge in [-0.15, -0.1) is 0 Å². The molecule has 1 saturated heterocycles. The number of hydrogen-bond donors (Lipinski definition) is 2. The van der Waals surface area contributed by atoms with Crippen molar-refractivity contribution in [1.82, 2.24) is 5.32 Å². The van der Waals surface area contributed by atoms with Gasteiger partial charge in [-0.3, -0.25) is 4.79 Å². The van der Waals surface area contributed by atoms with Crippen molar-refractivity contribution in [3.63, 3.8) is 0 Å². The number of methoxy groups -OCH3 is 1. The molecule has 3 heterocycles. The van der Waals surface area contributed by atoms with Crippen LogP contribution >= 0.6 is 11.6 Å². The molecular formula is C28H26ClFN2O4. The second-order valence-electron chi connectivity index (χ2n) is 9.49. The first-order valence-electron chi connectivity index (χ1n) is 12.1. The summed E-state index contributed by atoms with van der Waals surface area (Å²) >= 11 is 6.87. The molecule has 36 heavy (non-hydrogen) atoms. The topological polar surface area (TPSA) is 82.8 Å². The molecule has 8 heteroatoms. The van der Waals surface area contributed by atoms with Gasteiger partial charge in [0.2, 0.25) is 5.91 Å². The molecule has 186 valence electrons. The van der Waals surface area contributed by atoms with Crippen LogP contribution in [-0.4, -0.2) is 32.2 Å². The van der Waals surface area contributed by atoms with Crippen LogP contribution in [0.2, 0.25) is 5.02 Å². The molecule has 0 radical (unpaired) electrons. The van der Waals surface area contributed by atoms with Crippen molar-refractivity contribution in [2.75, 3.05) is 20.3 Å². The second-order valence-corrected chi connectivity index (χ2v) is 9.87. The third kappa shape index (κ3) is 3.37. The molecule has 1 amide bonds. The van der Waals surface area contributed by atoms with Gasteiger partial charge in [-0.05, 0) is 31.0 Å². The number of nitrogens with one attached hydrogen (secondary N) is 1. The van der Waals surface area contributed by atoms with Gasteiger partial charge in [0.15, 0.2) is 17.2 Å². The summed E-state index contributed by atoms with van der Waals surface area (Å²) in [6.07, 6.45) is 2.89. The van der Waals surface area contributed by atoms with E-state index in [0.717, 1.165) is 24.9 Å². The predicted molar refractivity (Wildman–Crippen MR) is 135 cm³/mol. The van der Waals surface area contributed by atoms with Gasteiger partial charge in [-0.1, -0.05) is 41.9 Å². The van der Waals surface area contributed by atoms with E-state index in [9.17, 15) is 4.79 Å². The number of primary amides is 1. The van der Waals surface area contributed by atoms with Crippen molar-refractivity contribution < 1.29 is 23.4 Å². The van der Waals surface area contributed by atoms with E-state index >= 15 is 4.39 Å². The van der Waals surface area contributed by atoms with Crippen LogP contribution in [-0.2, 0) is 18.4 Å². The minimum Gasteiger partial charge on any atom is -0.495 e. The molecule has 3 N–H and O–H groups in total. The molecule has 1 fully saturated rings. The SMILES string of the molecule is COc1cc2c(c(-c3c(C(N)=O)cc4c(c3F)OCC4)c1Cl)C[C@](c1ccccc1)([C@@H]1CCCN1)O2. The molecule has 0 bridgehead atoms. The first-order chi connectivity index (χ1) is 17.4. The van der Waals surface area contributed by atoms with Crippen LogP contribution < -0.4 is 25.3 Å². The maximum Gasteiger partial charge on any atom is 0.249 e. The van der Waals surface area contributed by atoms with E-state index in [1.165, 1.54) is 7.11 Å². The van der Waals surface area contributed by atoms with E-state index in [0.29, 0.717) is 47.6 Å². The third-order valence-electron chi connectivity index (χ3n) is 7.57. The summed E-state index contributed by atoms with van der Waals surface area (Å²) in [5.74, 6) is -0.387. The zero-order valence-corrected chi connectivity index (χ0v) is 20.6. The van der Waals surface area contributed by atoms with Crippen LogP contribution in [0.15, 0.2) is 42.5 Å². The maximum atomic E-state index is 16.1. The largest absolute Gasteiger partial charge is 0.495 e. The zero-order valence-electron chi connectivity index (χ0n) is 19.8. The van der Waals surface area contributed by atoms with Gasteiger partial charge >= 0.3 is 0 Å². The van der Waals surface area contributed by atoms with Gasteiger partial charge in [0.1, 0.15) is 11.5 Å². The molecule has 3 aromatic rings. The smallest absolute Gasteiger partial charge is 0.249 e. The molecular weight excluding hydrogens is 483 g/mol. The Morgan fingerprint density at radius 3 is 2.75 bits per heavy atom. The molecule has 0 saturated carbocycles. The van der Waals surface area contributed by atoms with Crippen LogP contribution in [0.3, 0.4) is 0 Å². The maximum absolute atomic E-state index is 16.1. The average molecular weight is 509 g/mol. The fraction of sp³-hybridized carbons (Fsp3) is 0.321. The standard InChI is InChI=1S/C28H26ClFN2O4/c1-34-20-13-19-18(14-28(36-19,21-8-5-10-32-21)16-6-3-2-4-7-16)22(24(20)29)23-17(27(31)33)12-15-9-11-35-26(15)25(23)30/h2-4,6-7,12-13,21,32H,5,8-11,14H2,1H3,(H2,31,33)/t21-,28-/m0/s1. The summed E-state index contributed by atoms with van der Waals surface area (Å²) in [7, 11) is 1.49. The van der Waals surface area contributed by atoms with Gasteiger partial charge < -0.3 is 25.3 Å². The summed E-state index contributed by atoms with van der Waals surface area (Å²) in [5.41, 5.74) is 7.80. The lowest BCUT2D eigenvalue weighted by molar-refractivity contribution is 0.0539. The number of carbonyl (C=O) groups is 1. The fourth-order valence-corrected chi connectivity index (χ4v) is 6.25. The highest BCUT2D eigenvalue weighted by Crippen LogP contribution is 2.54. The monoisotopic (exact) mass is 508 g/mol. The predicted octanol–water partition coefficient (Wildman–Crippen LogP) is 4.77. The number of benzene rings is 3. The van der Waals surface area contributed by atoms with Crippen LogP contribution in [0.25, 0.3) is 11.1 Å². The van der Waals surface area contributed by atoms with Crippen LogP contribution in [0.1, 0.15) is 39.9 Å². The van der Waals surface area contributed by atoms with E-state index in [4.69, 9.17) is 31.5 Å². The molecule has 0 aromatic heterocycles. The molecule has 3 aliphatic rings. The van der Waals surface area contributed by atoms with Gasteiger partial charge in [0.05, 0.1) is 30.3 Å². The number of carbonyl (C=O) groups excluding carboxylic acids is 1. The van der Waals surface area contributed by atoms with E-state index < -0.39 is 17.3 Å². The minimum absolute atomic E-state index is 0.0233. The summed E-state index contributed by atoms with van der Waals surface area (Å²) in [5, 5.41) is 3.79. The second kappa shape index (κ2) is 8.68.